The highest BCUT2D eigenvalue weighted by Crippen LogP contribution is 2.31. The summed E-state index contributed by atoms with van der Waals surface area (Å²) >= 11 is 0. The van der Waals surface area contributed by atoms with E-state index in [1.165, 1.54) is 16.7 Å². The summed E-state index contributed by atoms with van der Waals surface area (Å²) in [6.45, 7) is 1.87. The Morgan fingerprint density at radius 3 is 3.00 bits per heavy atom. The number of ether oxygens (including phenoxy) is 1. The second kappa shape index (κ2) is 4.24. The highest BCUT2D eigenvalue weighted by atomic mass is 16.5. The van der Waals surface area contributed by atoms with Crippen LogP contribution in [0.1, 0.15) is 17.5 Å². The molecule has 0 spiro atoms. The molecular formula is C14H16N2O. The van der Waals surface area contributed by atoms with Crippen LogP contribution in [-0.2, 0) is 6.42 Å². The third-order valence-electron chi connectivity index (χ3n) is 3.34. The molecule has 3 heteroatoms. The summed E-state index contributed by atoms with van der Waals surface area (Å²) in [5, 5.41) is 3.34. The van der Waals surface area contributed by atoms with Crippen molar-refractivity contribution in [3.05, 3.63) is 34.9 Å². The van der Waals surface area contributed by atoms with Crippen molar-refractivity contribution in [1.29, 1.82) is 0 Å². The number of fused-ring (bicyclic) bond motifs is 1. The maximum Gasteiger partial charge on any atom is 0.124 e. The molecule has 0 saturated heterocycles. The SMILES string of the molecule is COc1cccc2c1CCC(C1=NCCN1)=C2. The van der Waals surface area contributed by atoms with Gasteiger partial charge in [-0.25, -0.2) is 0 Å². The number of nitrogens with zero attached hydrogens (tertiary/aromatic N) is 1. The van der Waals surface area contributed by atoms with Crippen molar-refractivity contribution >= 4 is 11.9 Å². The topological polar surface area (TPSA) is 33.6 Å². The average molecular weight is 228 g/mol. The molecule has 0 aromatic heterocycles. The molecule has 0 atom stereocenters. The first-order valence-corrected chi connectivity index (χ1v) is 6.03. The summed E-state index contributed by atoms with van der Waals surface area (Å²) < 4.78 is 5.40. The number of nitrogens with one attached hydrogen (secondary N) is 1. The van der Waals surface area contributed by atoms with E-state index in [4.69, 9.17) is 4.74 Å². The predicted molar refractivity (Wildman–Crippen MR) is 69.6 cm³/mol. The van der Waals surface area contributed by atoms with Crippen molar-refractivity contribution in [3.8, 4) is 5.75 Å². The minimum atomic E-state index is 0.900. The molecule has 0 radical (unpaired) electrons. The molecule has 0 amide bonds. The van der Waals surface area contributed by atoms with Gasteiger partial charge in [-0.3, -0.25) is 4.99 Å². The Kier molecular flexibility index (Phi) is 2.59. The average Bonchev–Trinajstić information content (AvgIpc) is 2.91. The van der Waals surface area contributed by atoms with Gasteiger partial charge >= 0.3 is 0 Å². The Bertz CT molecular complexity index is 503. The third-order valence-corrected chi connectivity index (χ3v) is 3.34. The maximum atomic E-state index is 5.40. The first kappa shape index (κ1) is 10.4. The van der Waals surface area contributed by atoms with E-state index in [2.05, 4.69) is 22.5 Å². The number of benzene rings is 1. The van der Waals surface area contributed by atoms with E-state index in [0.29, 0.717) is 0 Å². The summed E-state index contributed by atoms with van der Waals surface area (Å²) in [7, 11) is 1.73. The van der Waals surface area contributed by atoms with E-state index >= 15 is 0 Å². The van der Waals surface area contributed by atoms with Gasteiger partial charge in [0.15, 0.2) is 0 Å². The van der Waals surface area contributed by atoms with E-state index < -0.39 is 0 Å². The molecule has 0 fully saturated rings. The molecular weight excluding hydrogens is 212 g/mol. The number of amidine groups is 1. The lowest BCUT2D eigenvalue weighted by molar-refractivity contribution is 0.409. The van der Waals surface area contributed by atoms with Gasteiger partial charge in [0.05, 0.1) is 13.7 Å². The van der Waals surface area contributed by atoms with Gasteiger partial charge in [-0.15, -0.1) is 0 Å². The lowest BCUT2D eigenvalue weighted by atomic mass is 9.91. The van der Waals surface area contributed by atoms with Gasteiger partial charge < -0.3 is 10.1 Å². The fraction of sp³-hybridized carbons (Fsp3) is 0.357. The van der Waals surface area contributed by atoms with Crippen LogP contribution in [0, 0.1) is 0 Å². The van der Waals surface area contributed by atoms with Crippen LogP contribution in [0.3, 0.4) is 0 Å². The van der Waals surface area contributed by atoms with Gasteiger partial charge in [0.2, 0.25) is 0 Å². The van der Waals surface area contributed by atoms with Gasteiger partial charge in [-0.05, 0) is 36.1 Å². The Morgan fingerprint density at radius 2 is 2.24 bits per heavy atom. The molecule has 3 rings (SSSR count). The number of rotatable bonds is 2. The predicted octanol–water partition coefficient (Wildman–Crippen LogP) is 2.03. The molecule has 0 saturated carbocycles. The van der Waals surface area contributed by atoms with E-state index in [1.807, 2.05) is 12.1 Å². The van der Waals surface area contributed by atoms with Crippen LogP contribution in [0.2, 0.25) is 0 Å². The number of hydrogen-bond donors (Lipinski definition) is 1. The van der Waals surface area contributed by atoms with Crippen LogP contribution in [-0.4, -0.2) is 26.0 Å². The summed E-state index contributed by atoms with van der Waals surface area (Å²) in [5.74, 6) is 2.08. The van der Waals surface area contributed by atoms with Crippen molar-refractivity contribution in [1.82, 2.24) is 5.32 Å². The van der Waals surface area contributed by atoms with Crippen LogP contribution in [0.25, 0.3) is 6.08 Å². The fourth-order valence-corrected chi connectivity index (χ4v) is 2.50. The third kappa shape index (κ3) is 1.82. The molecule has 1 heterocycles. The number of aliphatic imine (C=N–C) groups is 1. The normalized spacial score (nSPS) is 17.9. The summed E-state index contributed by atoms with van der Waals surface area (Å²) in [4.78, 5) is 4.48. The van der Waals surface area contributed by atoms with E-state index in [-0.39, 0.29) is 0 Å². The largest absolute Gasteiger partial charge is 0.496 e. The molecule has 1 aromatic rings. The van der Waals surface area contributed by atoms with Crippen molar-refractivity contribution in [2.24, 2.45) is 4.99 Å². The zero-order chi connectivity index (χ0) is 11.7. The van der Waals surface area contributed by atoms with E-state index in [0.717, 1.165) is 37.5 Å². The highest BCUT2D eigenvalue weighted by molar-refractivity contribution is 6.03. The highest BCUT2D eigenvalue weighted by Gasteiger charge is 2.18. The van der Waals surface area contributed by atoms with Crippen molar-refractivity contribution in [2.75, 3.05) is 20.2 Å². The molecule has 17 heavy (non-hydrogen) atoms. The molecule has 0 bridgehead atoms. The minimum absolute atomic E-state index is 0.900. The van der Waals surface area contributed by atoms with Crippen LogP contribution in [0.4, 0.5) is 0 Å². The first-order chi connectivity index (χ1) is 8.38. The Balaban J connectivity index is 1.99. The van der Waals surface area contributed by atoms with Gasteiger partial charge in [-0.2, -0.15) is 0 Å². The lowest BCUT2D eigenvalue weighted by Crippen LogP contribution is -2.22. The van der Waals surface area contributed by atoms with Crippen molar-refractivity contribution < 1.29 is 4.74 Å². The van der Waals surface area contributed by atoms with E-state index in [9.17, 15) is 0 Å². The van der Waals surface area contributed by atoms with Crippen LogP contribution in [0.5, 0.6) is 5.75 Å². The summed E-state index contributed by atoms with van der Waals surface area (Å²) in [5.41, 5.74) is 3.91. The number of methoxy groups -OCH3 is 1. The quantitative estimate of drug-likeness (QED) is 0.840. The Hall–Kier alpha value is -1.77. The van der Waals surface area contributed by atoms with Crippen LogP contribution in [0.15, 0.2) is 28.8 Å². The molecule has 1 aromatic carbocycles. The molecule has 1 N–H and O–H groups in total. The molecule has 0 unspecified atom stereocenters. The summed E-state index contributed by atoms with van der Waals surface area (Å²) in [6, 6.07) is 6.22. The second-order valence-electron chi connectivity index (χ2n) is 4.35. The maximum absolute atomic E-state index is 5.40. The first-order valence-electron chi connectivity index (χ1n) is 6.03. The van der Waals surface area contributed by atoms with Gasteiger partial charge in [0.25, 0.3) is 0 Å². The monoisotopic (exact) mass is 228 g/mol. The zero-order valence-electron chi connectivity index (χ0n) is 9.99. The molecule has 88 valence electrons. The van der Waals surface area contributed by atoms with Crippen LogP contribution < -0.4 is 10.1 Å². The van der Waals surface area contributed by atoms with Gasteiger partial charge in [0, 0.05) is 12.1 Å². The van der Waals surface area contributed by atoms with Crippen LogP contribution >= 0.6 is 0 Å². The Morgan fingerprint density at radius 1 is 1.29 bits per heavy atom. The lowest BCUT2D eigenvalue weighted by Gasteiger charge is -2.19. The summed E-state index contributed by atoms with van der Waals surface area (Å²) in [6.07, 6.45) is 4.31. The second-order valence-corrected chi connectivity index (χ2v) is 4.35. The smallest absolute Gasteiger partial charge is 0.124 e. The zero-order valence-corrected chi connectivity index (χ0v) is 9.99. The van der Waals surface area contributed by atoms with Gasteiger partial charge in [-0.1, -0.05) is 12.1 Å². The standard InChI is InChI=1S/C14H16N2O/c1-17-13-4-2-3-10-9-11(5-6-12(10)13)14-15-7-8-16-14/h2-4,9H,5-8H2,1H3,(H,15,16). The molecule has 1 aliphatic carbocycles. The van der Waals surface area contributed by atoms with E-state index in [1.54, 1.807) is 7.11 Å². The number of hydrogen-bond acceptors (Lipinski definition) is 3. The van der Waals surface area contributed by atoms with Crippen molar-refractivity contribution in [2.45, 2.75) is 12.8 Å². The fourth-order valence-electron chi connectivity index (χ4n) is 2.50. The Labute approximate surface area is 101 Å². The molecule has 2 aliphatic rings. The van der Waals surface area contributed by atoms with Gasteiger partial charge in [0.1, 0.15) is 11.6 Å². The molecule has 1 aliphatic heterocycles. The molecule has 3 nitrogen and oxygen atoms in total. The minimum Gasteiger partial charge on any atom is -0.496 e. The van der Waals surface area contributed by atoms with Crippen molar-refractivity contribution in [3.63, 3.8) is 0 Å².